The first kappa shape index (κ1) is 15.8. The number of benzene rings is 2. The summed E-state index contributed by atoms with van der Waals surface area (Å²) >= 11 is 9.04. The van der Waals surface area contributed by atoms with E-state index in [9.17, 15) is 8.42 Å². The normalized spacial score (nSPS) is 12.0. The fourth-order valence-electron chi connectivity index (χ4n) is 1.62. The number of allylic oxidation sites excluding steroid dienone is 1. The fourth-order valence-corrected chi connectivity index (χ4v) is 3.17. The zero-order valence-corrected chi connectivity index (χ0v) is 13.8. The quantitative estimate of drug-likeness (QED) is 0.737. The van der Waals surface area contributed by atoms with Gasteiger partial charge in [-0.3, -0.25) is 0 Å². The van der Waals surface area contributed by atoms with E-state index in [1.165, 1.54) is 30.3 Å². The molecule has 106 valence electrons. The monoisotopic (exact) mass is 381 g/mol. The molecule has 0 aliphatic heterocycles. The van der Waals surface area contributed by atoms with Crippen molar-refractivity contribution in [1.82, 2.24) is 0 Å². The zero-order chi connectivity index (χ0) is 15.5. The SMILES string of the molecule is N#C/C(=C/c1ccc(Br)cc1)S(=O)(=O)c1ccc(Cl)cc1. The summed E-state index contributed by atoms with van der Waals surface area (Å²) in [7, 11) is -3.85. The third kappa shape index (κ3) is 3.73. The van der Waals surface area contributed by atoms with Crippen LogP contribution in [-0.2, 0) is 9.84 Å². The number of nitriles is 1. The van der Waals surface area contributed by atoms with Crippen molar-refractivity contribution in [3.05, 3.63) is 68.5 Å². The van der Waals surface area contributed by atoms with Crippen LogP contribution in [0.3, 0.4) is 0 Å². The minimum absolute atomic E-state index is 0.0387. The molecule has 3 nitrogen and oxygen atoms in total. The molecule has 2 rings (SSSR count). The second-order valence-corrected chi connectivity index (χ2v) is 7.40. The Morgan fingerprint density at radius 2 is 1.67 bits per heavy atom. The molecule has 0 saturated carbocycles. The molecule has 0 amide bonds. The molecule has 0 saturated heterocycles. The van der Waals surface area contributed by atoms with E-state index in [0.29, 0.717) is 10.6 Å². The summed E-state index contributed by atoms with van der Waals surface area (Å²) in [5.41, 5.74) is 0.632. The van der Waals surface area contributed by atoms with Crippen LogP contribution < -0.4 is 0 Å². The van der Waals surface area contributed by atoms with Crippen molar-refractivity contribution >= 4 is 43.4 Å². The molecule has 0 aliphatic rings. The molecule has 0 N–H and O–H groups in total. The molecule has 0 aromatic heterocycles. The summed E-state index contributed by atoms with van der Waals surface area (Å²) in [6.07, 6.45) is 1.34. The Balaban J connectivity index is 2.47. The van der Waals surface area contributed by atoms with Crippen molar-refractivity contribution in [2.24, 2.45) is 0 Å². The molecule has 0 unspecified atom stereocenters. The van der Waals surface area contributed by atoms with Gasteiger partial charge in [0.2, 0.25) is 9.84 Å². The van der Waals surface area contributed by atoms with Crippen LogP contribution in [0.5, 0.6) is 0 Å². The van der Waals surface area contributed by atoms with Crippen molar-refractivity contribution in [2.45, 2.75) is 4.90 Å². The van der Waals surface area contributed by atoms with Crippen LogP contribution in [0.2, 0.25) is 5.02 Å². The van der Waals surface area contributed by atoms with Crippen LogP contribution >= 0.6 is 27.5 Å². The van der Waals surface area contributed by atoms with E-state index in [-0.39, 0.29) is 9.80 Å². The summed E-state index contributed by atoms with van der Waals surface area (Å²) in [6.45, 7) is 0. The highest BCUT2D eigenvalue weighted by Crippen LogP contribution is 2.23. The third-order valence-corrected chi connectivity index (χ3v) is 5.15. The Kier molecular flexibility index (Phi) is 4.84. The molecule has 0 spiro atoms. The Labute approximate surface area is 136 Å². The largest absolute Gasteiger partial charge is 0.218 e. The van der Waals surface area contributed by atoms with Crippen LogP contribution in [0.15, 0.2) is 62.8 Å². The summed E-state index contributed by atoms with van der Waals surface area (Å²) in [4.78, 5) is -0.274. The molecule has 6 heteroatoms. The van der Waals surface area contributed by atoms with Gasteiger partial charge in [0.1, 0.15) is 11.0 Å². The molecule has 0 heterocycles. The van der Waals surface area contributed by atoms with Gasteiger partial charge in [-0.1, -0.05) is 39.7 Å². The zero-order valence-electron chi connectivity index (χ0n) is 10.6. The van der Waals surface area contributed by atoms with E-state index in [4.69, 9.17) is 16.9 Å². The van der Waals surface area contributed by atoms with Crippen molar-refractivity contribution in [3.63, 3.8) is 0 Å². The second kappa shape index (κ2) is 6.44. The van der Waals surface area contributed by atoms with Gasteiger partial charge in [0.05, 0.1) is 4.90 Å². The number of sulfone groups is 1. The lowest BCUT2D eigenvalue weighted by Gasteiger charge is -2.03. The number of nitrogens with zero attached hydrogens (tertiary/aromatic N) is 1. The van der Waals surface area contributed by atoms with E-state index in [1.54, 1.807) is 30.3 Å². The molecule has 0 atom stereocenters. The van der Waals surface area contributed by atoms with Gasteiger partial charge in [-0.2, -0.15) is 5.26 Å². The van der Waals surface area contributed by atoms with Crippen LogP contribution in [0, 0.1) is 11.3 Å². The van der Waals surface area contributed by atoms with E-state index >= 15 is 0 Å². The average Bonchev–Trinajstić information content (AvgIpc) is 2.47. The third-order valence-electron chi connectivity index (χ3n) is 2.69. The highest BCUT2D eigenvalue weighted by Gasteiger charge is 2.20. The van der Waals surface area contributed by atoms with Crippen molar-refractivity contribution in [3.8, 4) is 6.07 Å². The minimum Gasteiger partial charge on any atom is -0.218 e. The molecule has 2 aromatic rings. The first-order valence-corrected chi connectivity index (χ1v) is 8.47. The van der Waals surface area contributed by atoms with Gasteiger partial charge in [0.25, 0.3) is 0 Å². The summed E-state index contributed by atoms with van der Waals surface area (Å²) in [6, 6.07) is 14.4. The maximum absolute atomic E-state index is 12.4. The fraction of sp³-hybridized carbons (Fsp3) is 0. The van der Waals surface area contributed by atoms with Gasteiger partial charge in [-0.15, -0.1) is 0 Å². The average molecular weight is 383 g/mol. The molecular weight excluding hydrogens is 374 g/mol. The van der Waals surface area contributed by atoms with Crippen LogP contribution in [0.1, 0.15) is 5.56 Å². The van der Waals surface area contributed by atoms with Crippen LogP contribution in [0.25, 0.3) is 6.08 Å². The highest BCUT2D eigenvalue weighted by atomic mass is 79.9. The standard InChI is InChI=1S/C15H9BrClNO2S/c16-12-3-1-11(2-4-12)9-15(10-18)21(19,20)14-7-5-13(17)6-8-14/h1-9H/b15-9-. The number of hydrogen-bond acceptors (Lipinski definition) is 3. The van der Waals surface area contributed by atoms with E-state index in [1.807, 2.05) is 0 Å². The number of rotatable bonds is 3. The van der Waals surface area contributed by atoms with Crippen LogP contribution in [-0.4, -0.2) is 8.42 Å². The maximum Gasteiger partial charge on any atom is 0.216 e. The molecule has 0 aliphatic carbocycles. The van der Waals surface area contributed by atoms with Gasteiger partial charge in [0, 0.05) is 9.50 Å². The van der Waals surface area contributed by atoms with Crippen molar-refractivity contribution in [2.75, 3.05) is 0 Å². The lowest BCUT2D eigenvalue weighted by Crippen LogP contribution is -2.03. The Bertz CT molecular complexity index is 819. The van der Waals surface area contributed by atoms with Crippen molar-refractivity contribution in [1.29, 1.82) is 5.26 Å². The summed E-state index contributed by atoms with van der Waals surface area (Å²) in [5, 5.41) is 9.60. The second-order valence-electron chi connectivity index (χ2n) is 4.13. The van der Waals surface area contributed by atoms with E-state index < -0.39 is 9.84 Å². The maximum atomic E-state index is 12.4. The van der Waals surface area contributed by atoms with Crippen LogP contribution in [0.4, 0.5) is 0 Å². The Morgan fingerprint density at radius 1 is 1.10 bits per heavy atom. The Morgan fingerprint density at radius 3 is 2.19 bits per heavy atom. The van der Waals surface area contributed by atoms with Gasteiger partial charge in [-0.25, -0.2) is 8.42 Å². The predicted octanol–water partition coefficient (Wildman–Crippen LogP) is 4.44. The topological polar surface area (TPSA) is 57.9 Å². The van der Waals surface area contributed by atoms with E-state index in [2.05, 4.69) is 15.9 Å². The van der Waals surface area contributed by atoms with E-state index in [0.717, 1.165) is 4.47 Å². The molecular formula is C15H9BrClNO2S. The smallest absolute Gasteiger partial charge is 0.216 e. The molecule has 2 aromatic carbocycles. The molecule has 0 radical (unpaired) electrons. The molecule has 0 fully saturated rings. The number of halogens is 2. The lowest BCUT2D eigenvalue weighted by molar-refractivity contribution is 0.603. The lowest BCUT2D eigenvalue weighted by atomic mass is 10.2. The highest BCUT2D eigenvalue weighted by molar-refractivity contribution is 9.10. The first-order chi connectivity index (χ1) is 9.93. The Hall–Kier alpha value is -1.61. The summed E-state index contributed by atoms with van der Waals surface area (Å²) < 4.78 is 25.7. The predicted molar refractivity (Wildman–Crippen MR) is 86.4 cm³/mol. The summed E-state index contributed by atoms with van der Waals surface area (Å²) in [5.74, 6) is 0. The molecule has 0 bridgehead atoms. The first-order valence-electron chi connectivity index (χ1n) is 5.81. The van der Waals surface area contributed by atoms with Gasteiger partial charge >= 0.3 is 0 Å². The van der Waals surface area contributed by atoms with Crippen molar-refractivity contribution < 1.29 is 8.42 Å². The number of hydrogen-bond donors (Lipinski definition) is 0. The van der Waals surface area contributed by atoms with Gasteiger partial charge in [0.15, 0.2) is 0 Å². The molecule has 21 heavy (non-hydrogen) atoms. The minimum atomic E-state index is -3.85. The van der Waals surface area contributed by atoms with Gasteiger partial charge < -0.3 is 0 Å². The van der Waals surface area contributed by atoms with Gasteiger partial charge in [-0.05, 0) is 48.0 Å².